The molecule has 3 rings (SSSR count). The molecule has 1 amide bonds. The normalized spacial score (nSPS) is 10.5. The van der Waals surface area contributed by atoms with Crippen molar-refractivity contribution in [3.8, 4) is 5.75 Å². The lowest BCUT2D eigenvalue weighted by Crippen LogP contribution is -2.25. The molecule has 1 aromatic heterocycles. The molecule has 0 bridgehead atoms. The Hall–Kier alpha value is -3.15. The van der Waals surface area contributed by atoms with Crippen LogP contribution in [0.2, 0.25) is 0 Å². The second kappa shape index (κ2) is 8.29. The van der Waals surface area contributed by atoms with Gasteiger partial charge in [0, 0.05) is 6.54 Å². The number of benzene rings is 2. The van der Waals surface area contributed by atoms with Crippen LogP contribution < -0.4 is 10.1 Å². The summed E-state index contributed by atoms with van der Waals surface area (Å²) in [5, 5.41) is 9.77. The molecule has 0 radical (unpaired) electrons. The molecule has 2 aromatic carbocycles. The smallest absolute Gasteiger partial charge is 0.228 e. The number of nitrogens with one attached hydrogen (secondary N) is 2. The number of hydrogen-bond acceptors (Lipinski definition) is 4. The number of H-pyrrole nitrogens is 1. The fraction of sp³-hybridized carbons (Fsp3) is 0.250. The third-order valence-electron chi connectivity index (χ3n) is 3.94. The van der Waals surface area contributed by atoms with Gasteiger partial charge in [0.2, 0.25) is 5.91 Å². The van der Waals surface area contributed by atoms with Crippen molar-refractivity contribution in [3.05, 3.63) is 76.9 Å². The van der Waals surface area contributed by atoms with Crippen molar-refractivity contribution < 1.29 is 9.53 Å². The van der Waals surface area contributed by atoms with Crippen LogP contribution in [0, 0.1) is 13.8 Å². The molecular weight excluding hydrogens is 328 g/mol. The quantitative estimate of drug-likeness (QED) is 0.687. The lowest BCUT2D eigenvalue weighted by Gasteiger charge is -2.08. The summed E-state index contributed by atoms with van der Waals surface area (Å²) >= 11 is 0. The second-order valence-electron chi connectivity index (χ2n) is 6.20. The maximum absolute atomic E-state index is 12.0. The largest absolute Gasteiger partial charge is 0.485 e. The Labute approximate surface area is 152 Å². The van der Waals surface area contributed by atoms with Crippen molar-refractivity contribution in [2.45, 2.75) is 33.4 Å². The zero-order chi connectivity index (χ0) is 18.4. The van der Waals surface area contributed by atoms with E-state index in [0.717, 1.165) is 22.4 Å². The van der Waals surface area contributed by atoms with Crippen LogP contribution >= 0.6 is 0 Å². The highest BCUT2D eigenvalue weighted by atomic mass is 16.5. The number of aryl methyl sites for hydroxylation is 2. The van der Waals surface area contributed by atoms with Crippen molar-refractivity contribution in [2.75, 3.05) is 0 Å². The number of nitrogens with zero attached hydrogens (tertiary/aromatic N) is 2. The third-order valence-corrected chi connectivity index (χ3v) is 3.94. The van der Waals surface area contributed by atoms with Crippen LogP contribution in [0.5, 0.6) is 5.75 Å². The van der Waals surface area contributed by atoms with E-state index >= 15 is 0 Å². The van der Waals surface area contributed by atoms with Gasteiger partial charge in [-0.2, -0.15) is 5.10 Å². The average molecular weight is 350 g/mol. The first-order valence-electron chi connectivity index (χ1n) is 8.51. The number of carbonyl (C=O) groups excluding carboxylic acids is 1. The summed E-state index contributed by atoms with van der Waals surface area (Å²) in [6.45, 7) is 4.79. The Bertz CT molecular complexity index is 875. The van der Waals surface area contributed by atoms with Crippen molar-refractivity contribution in [3.63, 3.8) is 0 Å². The van der Waals surface area contributed by atoms with Crippen LogP contribution in [0.1, 0.15) is 28.3 Å². The minimum atomic E-state index is -0.116. The van der Waals surface area contributed by atoms with E-state index in [0.29, 0.717) is 18.2 Å². The first-order valence-corrected chi connectivity index (χ1v) is 8.51. The molecule has 0 saturated carbocycles. The highest BCUT2D eigenvalue weighted by Gasteiger charge is 2.10. The van der Waals surface area contributed by atoms with Gasteiger partial charge in [0.05, 0.1) is 6.42 Å². The number of ether oxygens (including phenoxy) is 1. The summed E-state index contributed by atoms with van der Waals surface area (Å²) in [5.41, 5.74) is 3.26. The number of aromatic nitrogens is 3. The van der Waals surface area contributed by atoms with Crippen LogP contribution in [-0.2, 0) is 24.4 Å². The van der Waals surface area contributed by atoms with E-state index in [4.69, 9.17) is 4.74 Å². The number of amides is 1. The van der Waals surface area contributed by atoms with Crippen molar-refractivity contribution >= 4 is 5.91 Å². The lowest BCUT2D eigenvalue weighted by atomic mass is 10.1. The van der Waals surface area contributed by atoms with Crippen molar-refractivity contribution in [1.29, 1.82) is 0 Å². The first-order chi connectivity index (χ1) is 12.6. The molecule has 6 nitrogen and oxygen atoms in total. The Morgan fingerprint density at radius 1 is 1.15 bits per heavy atom. The van der Waals surface area contributed by atoms with Crippen LogP contribution in [0.3, 0.4) is 0 Å². The summed E-state index contributed by atoms with van der Waals surface area (Å²) < 4.78 is 5.79. The van der Waals surface area contributed by atoms with Gasteiger partial charge in [-0.1, -0.05) is 42.5 Å². The van der Waals surface area contributed by atoms with E-state index < -0.39 is 0 Å². The fourth-order valence-electron chi connectivity index (χ4n) is 2.49. The third kappa shape index (κ3) is 4.92. The molecule has 0 saturated heterocycles. The molecule has 1 heterocycles. The second-order valence-corrected chi connectivity index (χ2v) is 6.20. The average Bonchev–Trinajstić information content (AvgIpc) is 3.09. The van der Waals surface area contributed by atoms with Gasteiger partial charge in [-0.25, -0.2) is 4.98 Å². The number of aromatic amines is 1. The molecule has 0 fully saturated rings. The molecule has 0 atom stereocenters. The Kier molecular flexibility index (Phi) is 5.63. The molecule has 0 aliphatic heterocycles. The van der Waals surface area contributed by atoms with E-state index in [-0.39, 0.29) is 18.9 Å². The van der Waals surface area contributed by atoms with Gasteiger partial charge in [0.1, 0.15) is 12.4 Å². The zero-order valence-electron chi connectivity index (χ0n) is 15.0. The van der Waals surface area contributed by atoms with Crippen LogP contribution in [0.4, 0.5) is 0 Å². The highest BCUT2D eigenvalue weighted by molar-refractivity contribution is 5.77. The van der Waals surface area contributed by atoms with Crippen LogP contribution in [0.15, 0.2) is 48.5 Å². The van der Waals surface area contributed by atoms with Crippen LogP contribution in [-0.4, -0.2) is 21.1 Å². The first kappa shape index (κ1) is 17.7. The topological polar surface area (TPSA) is 79.9 Å². The summed E-state index contributed by atoms with van der Waals surface area (Å²) in [6.07, 6.45) is 0.132. The summed E-state index contributed by atoms with van der Waals surface area (Å²) in [7, 11) is 0. The number of carbonyl (C=O) groups is 1. The van der Waals surface area contributed by atoms with Gasteiger partial charge < -0.3 is 10.1 Å². The monoisotopic (exact) mass is 350 g/mol. The predicted octanol–water partition coefficient (Wildman–Crippen LogP) is 2.86. The van der Waals surface area contributed by atoms with E-state index in [1.165, 1.54) is 0 Å². The summed E-state index contributed by atoms with van der Waals surface area (Å²) in [5.74, 6) is 1.75. The van der Waals surface area contributed by atoms with Gasteiger partial charge >= 0.3 is 0 Å². The Balaban J connectivity index is 1.49. The van der Waals surface area contributed by atoms with E-state index in [1.54, 1.807) is 0 Å². The minimum Gasteiger partial charge on any atom is -0.485 e. The highest BCUT2D eigenvalue weighted by Crippen LogP contribution is 2.19. The zero-order valence-corrected chi connectivity index (χ0v) is 15.0. The Morgan fingerprint density at radius 3 is 2.77 bits per heavy atom. The molecule has 0 aliphatic carbocycles. The molecule has 0 unspecified atom stereocenters. The summed E-state index contributed by atoms with van der Waals surface area (Å²) in [6, 6.07) is 15.8. The minimum absolute atomic E-state index is 0.116. The van der Waals surface area contributed by atoms with Gasteiger partial charge in [0.15, 0.2) is 11.6 Å². The standard InChI is InChI=1S/C20H22N4O2/c1-14-8-9-15(2)17(10-14)26-13-19-22-18(23-24-19)11-20(25)21-12-16-6-4-3-5-7-16/h3-10H,11-13H2,1-2H3,(H,21,25)(H,22,23,24). The molecule has 0 aliphatic rings. The molecule has 6 heteroatoms. The molecule has 0 spiro atoms. The molecule has 2 N–H and O–H groups in total. The Morgan fingerprint density at radius 2 is 1.96 bits per heavy atom. The van der Waals surface area contributed by atoms with E-state index in [9.17, 15) is 4.79 Å². The number of hydrogen-bond donors (Lipinski definition) is 2. The molecule has 3 aromatic rings. The van der Waals surface area contributed by atoms with Crippen molar-refractivity contribution in [2.24, 2.45) is 0 Å². The fourth-order valence-corrected chi connectivity index (χ4v) is 2.49. The van der Waals surface area contributed by atoms with Crippen molar-refractivity contribution in [1.82, 2.24) is 20.5 Å². The summed E-state index contributed by atoms with van der Waals surface area (Å²) in [4.78, 5) is 16.3. The molecule has 26 heavy (non-hydrogen) atoms. The van der Waals surface area contributed by atoms with Crippen LogP contribution in [0.25, 0.3) is 0 Å². The van der Waals surface area contributed by atoms with E-state index in [1.807, 2.05) is 62.4 Å². The number of rotatable bonds is 7. The maximum Gasteiger partial charge on any atom is 0.228 e. The maximum atomic E-state index is 12.0. The molecule has 134 valence electrons. The van der Waals surface area contributed by atoms with Gasteiger partial charge in [0.25, 0.3) is 0 Å². The lowest BCUT2D eigenvalue weighted by molar-refractivity contribution is -0.120. The van der Waals surface area contributed by atoms with Gasteiger partial charge in [-0.05, 0) is 36.6 Å². The SMILES string of the molecule is Cc1ccc(C)c(OCc2nc(CC(=O)NCc3ccccc3)n[nH]2)c1. The van der Waals surface area contributed by atoms with Gasteiger partial charge in [-0.3, -0.25) is 9.89 Å². The predicted molar refractivity (Wildman–Crippen MR) is 98.6 cm³/mol. The van der Waals surface area contributed by atoms with Gasteiger partial charge in [-0.15, -0.1) is 0 Å². The molecular formula is C20H22N4O2. The van der Waals surface area contributed by atoms with E-state index in [2.05, 4.69) is 20.5 Å².